The fourth-order valence-corrected chi connectivity index (χ4v) is 1.95. The van der Waals surface area contributed by atoms with E-state index >= 15 is 0 Å². The maximum atomic E-state index is 11.9. The highest BCUT2D eigenvalue weighted by molar-refractivity contribution is 5.79. The average molecular weight is 259 g/mol. The van der Waals surface area contributed by atoms with Crippen molar-refractivity contribution in [3.05, 3.63) is 35.4 Å². The molecule has 0 aliphatic rings. The number of carbonyl (C=O) groups excluding carboxylic acids is 1. The molecule has 1 aromatic carbocycles. The van der Waals surface area contributed by atoms with Crippen LogP contribution in [0.25, 0.3) is 0 Å². The fraction of sp³-hybridized carbons (Fsp3) is 0.467. The van der Waals surface area contributed by atoms with Crippen molar-refractivity contribution >= 4 is 5.91 Å². The number of likely N-dealkylation sites (N-methyl/N-ethyl adjacent to an activating group) is 1. The molecule has 0 saturated carbocycles. The van der Waals surface area contributed by atoms with Gasteiger partial charge in [0.25, 0.3) is 0 Å². The third kappa shape index (κ3) is 4.38. The van der Waals surface area contributed by atoms with Gasteiger partial charge in [-0.3, -0.25) is 9.69 Å². The van der Waals surface area contributed by atoms with Gasteiger partial charge in [0.1, 0.15) is 6.04 Å². The predicted molar refractivity (Wildman–Crippen MR) is 75.5 cm³/mol. The normalized spacial score (nSPS) is 11.9. The van der Waals surface area contributed by atoms with Crippen LogP contribution in [-0.4, -0.2) is 30.4 Å². The van der Waals surface area contributed by atoms with E-state index in [1.165, 1.54) is 0 Å². The lowest BCUT2D eigenvalue weighted by Crippen LogP contribution is -2.38. The van der Waals surface area contributed by atoms with E-state index in [1.54, 1.807) is 0 Å². The Bertz CT molecular complexity index is 461. The molecular formula is C15H21N3O. The topological polar surface area (TPSA) is 56.1 Å². The number of benzene rings is 1. The van der Waals surface area contributed by atoms with E-state index in [2.05, 4.69) is 11.4 Å². The quantitative estimate of drug-likeness (QED) is 0.850. The molecule has 0 spiro atoms. The molecule has 1 N–H and O–H groups in total. The van der Waals surface area contributed by atoms with Gasteiger partial charge in [0, 0.05) is 0 Å². The number of nitrogens with zero attached hydrogens (tertiary/aromatic N) is 2. The summed E-state index contributed by atoms with van der Waals surface area (Å²) in [5.74, 6) is -0.112. The van der Waals surface area contributed by atoms with Crippen LogP contribution in [0.3, 0.4) is 0 Å². The van der Waals surface area contributed by atoms with Crippen LogP contribution in [-0.2, 0) is 4.79 Å². The van der Waals surface area contributed by atoms with Crippen LogP contribution in [0.1, 0.15) is 31.0 Å². The van der Waals surface area contributed by atoms with Crippen LogP contribution in [0.2, 0.25) is 0 Å². The summed E-state index contributed by atoms with van der Waals surface area (Å²) in [6.45, 7) is 7.95. The lowest BCUT2D eigenvalue weighted by Gasteiger charge is -2.19. The van der Waals surface area contributed by atoms with Crippen molar-refractivity contribution in [1.82, 2.24) is 10.2 Å². The first-order valence-corrected chi connectivity index (χ1v) is 6.59. The van der Waals surface area contributed by atoms with E-state index in [0.29, 0.717) is 6.54 Å². The van der Waals surface area contributed by atoms with Crippen molar-refractivity contribution in [2.45, 2.75) is 26.8 Å². The third-order valence-electron chi connectivity index (χ3n) is 3.20. The highest BCUT2D eigenvalue weighted by Crippen LogP contribution is 2.16. The van der Waals surface area contributed by atoms with Gasteiger partial charge in [0.05, 0.1) is 12.6 Å². The van der Waals surface area contributed by atoms with Gasteiger partial charge in [-0.15, -0.1) is 0 Å². The molecule has 1 atom stereocenters. The molecule has 0 radical (unpaired) electrons. The highest BCUT2D eigenvalue weighted by atomic mass is 16.2. The zero-order valence-corrected chi connectivity index (χ0v) is 11.8. The van der Waals surface area contributed by atoms with E-state index in [9.17, 15) is 10.1 Å². The molecule has 0 fully saturated rings. The standard InChI is InChI=1S/C15H21N3O/c1-4-18(5-2)11-15(19)17-14(10-16)13-9-7-6-8-12(13)3/h6-9,14H,4-5,11H2,1-3H3,(H,17,19). The van der Waals surface area contributed by atoms with Crippen LogP contribution in [0.4, 0.5) is 0 Å². The number of aryl methyl sites for hydroxylation is 1. The van der Waals surface area contributed by atoms with E-state index in [-0.39, 0.29) is 5.91 Å². The van der Waals surface area contributed by atoms with Crippen LogP contribution in [0, 0.1) is 18.3 Å². The maximum Gasteiger partial charge on any atom is 0.235 e. The van der Waals surface area contributed by atoms with Crippen molar-refractivity contribution < 1.29 is 4.79 Å². The van der Waals surface area contributed by atoms with Crippen LogP contribution in [0.15, 0.2) is 24.3 Å². The van der Waals surface area contributed by atoms with Gasteiger partial charge in [-0.1, -0.05) is 38.1 Å². The lowest BCUT2D eigenvalue weighted by molar-refractivity contribution is -0.122. The molecule has 1 aromatic rings. The SMILES string of the molecule is CCN(CC)CC(=O)NC(C#N)c1ccccc1C. The number of carbonyl (C=O) groups is 1. The number of nitriles is 1. The van der Waals surface area contributed by atoms with Crippen LogP contribution < -0.4 is 5.32 Å². The first-order chi connectivity index (χ1) is 9.12. The first kappa shape index (κ1) is 15.2. The van der Waals surface area contributed by atoms with Gasteiger partial charge in [0.2, 0.25) is 5.91 Å². The summed E-state index contributed by atoms with van der Waals surface area (Å²) in [6.07, 6.45) is 0. The molecule has 1 amide bonds. The molecule has 0 aliphatic carbocycles. The molecule has 0 saturated heterocycles. The Labute approximate surface area is 115 Å². The maximum absolute atomic E-state index is 11.9. The highest BCUT2D eigenvalue weighted by Gasteiger charge is 2.16. The van der Waals surface area contributed by atoms with Crippen molar-refractivity contribution in [3.8, 4) is 6.07 Å². The molecule has 0 heterocycles. The molecule has 0 aromatic heterocycles. The lowest BCUT2D eigenvalue weighted by atomic mass is 10.0. The Hall–Kier alpha value is -1.86. The molecule has 4 nitrogen and oxygen atoms in total. The van der Waals surface area contributed by atoms with E-state index < -0.39 is 6.04 Å². The third-order valence-corrected chi connectivity index (χ3v) is 3.20. The number of rotatable bonds is 6. The van der Waals surface area contributed by atoms with Crippen LogP contribution in [0.5, 0.6) is 0 Å². The smallest absolute Gasteiger partial charge is 0.235 e. The second kappa shape index (κ2) is 7.55. The molecule has 0 aliphatic heterocycles. The Kier molecular flexibility index (Phi) is 6.04. The molecule has 4 heteroatoms. The summed E-state index contributed by atoms with van der Waals surface area (Å²) in [6, 6.07) is 9.19. The molecule has 1 unspecified atom stereocenters. The Morgan fingerprint density at radius 3 is 2.53 bits per heavy atom. The van der Waals surface area contributed by atoms with Crippen LogP contribution >= 0.6 is 0 Å². The fourth-order valence-electron chi connectivity index (χ4n) is 1.95. The van der Waals surface area contributed by atoms with Gasteiger partial charge in [-0.05, 0) is 31.1 Å². The first-order valence-electron chi connectivity index (χ1n) is 6.59. The largest absolute Gasteiger partial charge is 0.336 e. The molecule has 0 bridgehead atoms. The molecule has 19 heavy (non-hydrogen) atoms. The summed E-state index contributed by atoms with van der Waals surface area (Å²) in [4.78, 5) is 13.9. The number of hydrogen-bond donors (Lipinski definition) is 1. The van der Waals surface area contributed by atoms with Crippen molar-refractivity contribution in [2.75, 3.05) is 19.6 Å². The minimum atomic E-state index is -0.579. The number of amides is 1. The molecule has 1 rings (SSSR count). The number of nitrogens with one attached hydrogen (secondary N) is 1. The minimum absolute atomic E-state index is 0.112. The van der Waals surface area contributed by atoms with Gasteiger partial charge in [0.15, 0.2) is 0 Å². The van der Waals surface area contributed by atoms with Crippen molar-refractivity contribution in [3.63, 3.8) is 0 Å². The van der Waals surface area contributed by atoms with Crippen molar-refractivity contribution in [2.24, 2.45) is 0 Å². The van der Waals surface area contributed by atoms with Gasteiger partial charge in [-0.2, -0.15) is 5.26 Å². The summed E-state index contributed by atoms with van der Waals surface area (Å²) < 4.78 is 0. The van der Waals surface area contributed by atoms with Crippen molar-refractivity contribution in [1.29, 1.82) is 5.26 Å². The number of hydrogen-bond acceptors (Lipinski definition) is 3. The van der Waals surface area contributed by atoms with Gasteiger partial charge >= 0.3 is 0 Å². The Morgan fingerprint density at radius 2 is 2.00 bits per heavy atom. The van der Waals surface area contributed by atoms with Gasteiger partial charge < -0.3 is 5.32 Å². The summed E-state index contributed by atoms with van der Waals surface area (Å²) in [7, 11) is 0. The zero-order chi connectivity index (χ0) is 14.3. The second-order valence-electron chi connectivity index (χ2n) is 4.45. The van der Waals surface area contributed by atoms with E-state index in [4.69, 9.17) is 0 Å². The summed E-state index contributed by atoms with van der Waals surface area (Å²) in [5.41, 5.74) is 1.87. The summed E-state index contributed by atoms with van der Waals surface area (Å²) in [5, 5.41) is 12.0. The zero-order valence-electron chi connectivity index (χ0n) is 11.8. The monoisotopic (exact) mass is 259 g/mol. The van der Waals surface area contributed by atoms with Gasteiger partial charge in [-0.25, -0.2) is 0 Å². The second-order valence-corrected chi connectivity index (χ2v) is 4.45. The Morgan fingerprint density at radius 1 is 1.37 bits per heavy atom. The average Bonchev–Trinajstić information content (AvgIpc) is 2.43. The molecular weight excluding hydrogens is 238 g/mol. The van der Waals surface area contributed by atoms with E-state index in [0.717, 1.165) is 24.2 Å². The predicted octanol–water partition coefficient (Wildman–Crippen LogP) is 2.02. The summed E-state index contributed by atoms with van der Waals surface area (Å²) >= 11 is 0. The molecule has 102 valence electrons. The van der Waals surface area contributed by atoms with E-state index in [1.807, 2.05) is 49.9 Å². The minimum Gasteiger partial charge on any atom is -0.336 e. The Balaban J connectivity index is 2.71.